The van der Waals surface area contributed by atoms with Crippen molar-refractivity contribution in [1.29, 1.82) is 0 Å². The smallest absolute Gasteiger partial charge is 0.141 e. The summed E-state index contributed by atoms with van der Waals surface area (Å²) in [6.45, 7) is 5.68. The molecular weight excluding hydrogens is 215 g/mol. The molecule has 0 atom stereocenters. The molecule has 0 aliphatic carbocycles. The second-order valence-electron chi connectivity index (χ2n) is 3.76. The van der Waals surface area contributed by atoms with E-state index >= 15 is 0 Å². The van der Waals surface area contributed by atoms with Crippen LogP contribution in [0.5, 0.6) is 0 Å². The van der Waals surface area contributed by atoms with Crippen molar-refractivity contribution in [2.24, 2.45) is 0 Å². The summed E-state index contributed by atoms with van der Waals surface area (Å²) in [5, 5.41) is 0. The van der Waals surface area contributed by atoms with Gasteiger partial charge in [-0.25, -0.2) is 4.39 Å². The maximum atomic E-state index is 12.9. The largest absolute Gasteiger partial charge is 0.295 e. The maximum Gasteiger partial charge on any atom is 0.141 e. The third kappa shape index (κ3) is 4.14. The maximum absolute atomic E-state index is 12.9. The first-order valence-corrected chi connectivity index (χ1v) is 5.56. The van der Waals surface area contributed by atoms with Gasteiger partial charge in [0.15, 0.2) is 0 Å². The number of rotatable bonds is 5. The highest BCUT2D eigenvalue weighted by atomic mass is 35.5. The van der Waals surface area contributed by atoms with E-state index in [-0.39, 0.29) is 5.82 Å². The molecule has 0 fully saturated rings. The molecule has 0 saturated heterocycles. The Bertz CT molecular complexity index is 304. The lowest BCUT2D eigenvalue weighted by atomic mass is 10.2. The van der Waals surface area contributed by atoms with Crippen LogP contribution in [0.15, 0.2) is 18.5 Å². The predicted molar refractivity (Wildman–Crippen MR) is 60.5 cm³/mol. The minimum atomic E-state index is -0.290. The fraction of sp³-hybridized carbons (Fsp3) is 0.545. The van der Waals surface area contributed by atoms with Crippen molar-refractivity contribution in [3.63, 3.8) is 0 Å². The second kappa shape index (κ2) is 6.03. The molecule has 0 bridgehead atoms. The zero-order valence-electron chi connectivity index (χ0n) is 9.08. The normalized spacial score (nSPS) is 11.3. The van der Waals surface area contributed by atoms with Crippen LogP contribution >= 0.6 is 11.6 Å². The molecule has 0 saturated carbocycles. The van der Waals surface area contributed by atoms with Crippen molar-refractivity contribution >= 4 is 11.6 Å². The number of hydrogen-bond acceptors (Lipinski definition) is 2. The summed E-state index contributed by atoms with van der Waals surface area (Å²) in [4.78, 5) is 6.01. The SMILES string of the molecule is CC(C)N(CCCl)Cc1cncc(F)c1. The van der Waals surface area contributed by atoms with Gasteiger partial charge >= 0.3 is 0 Å². The van der Waals surface area contributed by atoms with E-state index < -0.39 is 0 Å². The summed E-state index contributed by atoms with van der Waals surface area (Å²) in [6, 6.07) is 1.91. The monoisotopic (exact) mass is 230 g/mol. The standard InChI is InChI=1S/C11H16ClFN2/c1-9(2)15(4-3-12)8-10-5-11(13)7-14-6-10/h5-7,9H,3-4,8H2,1-2H3. The molecule has 2 nitrogen and oxygen atoms in total. The lowest BCUT2D eigenvalue weighted by Gasteiger charge is -2.25. The number of alkyl halides is 1. The Kier molecular flexibility index (Phi) is 4.99. The number of halogens is 2. The fourth-order valence-electron chi connectivity index (χ4n) is 1.41. The second-order valence-corrected chi connectivity index (χ2v) is 4.14. The third-order valence-corrected chi connectivity index (χ3v) is 2.42. The van der Waals surface area contributed by atoms with Crippen LogP contribution in [0.3, 0.4) is 0 Å². The molecule has 1 heterocycles. The topological polar surface area (TPSA) is 16.1 Å². The van der Waals surface area contributed by atoms with Gasteiger partial charge in [-0.15, -0.1) is 11.6 Å². The summed E-state index contributed by atoms with van der Waals surface area (Å²) in [7, 11) is 0. The van der Waals surface area contributed by atoms with Crippen LogP contribution in [0.4, 0.5) is 4.39 Å². The Morgan fingerprint density at radius 3 is 2.73 bits per heavy atom. The van der Waals surface area contributed by atoms with Crippen LogP contribution in [-0.2, 0) is 6.54 Å². The summed E-state index contributed by atoms with van der Waals surface area (Å²) >= 11 is 5.71. The summed E-state index contributed by atoms with van der Waals surface area (Å²) < 4.78 is 12.9. The molecule has 84 valence electrons. The van der Waals surface area contributed by atoms with Crippen molar-refractivity contribution < 1.29 is 4.39 Å². The minimum Gasteiger partial charge on any atom is -0.295 e. The number of pyridine rings is 1. The van der Waals surface area contributed by atoms with Gasteiger partial charge in [-0.05, 0) is 25.5 Å². The molecule has 4 heteroatoms. The summed E-state index contributed by atoms with van der Waals surface area (Å²) in [5.41, 5.74) is 0.883. The Balaban J connectivity index is 2.65. The molecule has 0 amide bonds. The van der Waals surface area contributed by atoms with E-state index in [9.17, 15) is 4.39 Å². The van der Waals surface area contributed by atoms with E-state index in [0.717, 1.165) is 12.1 Å². The van der Waals surface area contributed by atoms with E-state index in [1.807, 2.05) is 0 Å². The lowest BCUT2D eigenvalue weighted by molar-refractivity contribution is 0.226. The molecular formula is C11H16ClFN2. The molecule has 0 spiro atoms. The van der Waals surface area contributed by atoms with Gasteiger partial charge in [0.1, 0.15) is 5.82 Å². The Labute approximate surface area is 95.1 Å². The van der Waals surface area contributed by atoms with Gasteiger partial charge in [-0.2, -0.15) is 0 Å². The molecule has 0 aliphatic heterocycles. The Morgan fingerprint density at radius 1 is 1.47 bits per heavy atom. The van der Waals surface area contributed by atoms with E-state index in [0.29, 0.717) is 18.5 Å². The molecule has 0 aromatic carbocycles. The van der Waals surface area contributed by atoms with E-state index in [2.05, 4.69) is 23.7 Å². The zero-order chi connectivity index (χ0) is 11.3. The molecule has 0 unspecified atom stereocenters. The van der Waals surface area contributed by atoms with Crippen LogP contribution in [0.1, 0.15) is 19.4 Å². The number of nitrogens with zero attached hydrogens (tertiary/aromatic N) is 2. The van der Waals surface area contributed by atoms with Gasteiger partial charge in [0.05, 0.1) is 6.20 Å². The van der Waals surface area contributed by atoms with Gasteiger partial charge in [0.25, 0.3) is 0 Å². The van der Waals surface area contributed by atoms with Crippen LogP contribution in [0, 0.1) is 5.82 Å². The number of aromatic nitrogens is 1. The minimum absolute atomic E-state index is 0.290. The van der Waals surface area contributed by atoms with Crippen molar-refractivity contribution in [2.75, 3.05) is 12.4 Å². The Morgan fingerprint density at radius 2 is 2.20 bits per heavy atom. The molecule has 1 aromatic rings. The molecule has 1 rings (SSSR count). The average Bonchev–Trinajstić information content (AvgIpc) is 2.17. The molecule has 15 heavy (non-hydrogen) atoms. The first kappa shape index (κ1) is 12.4. The number of hydrogen-bond donors (Lipinski definition) is 0. The highest BCUT2D eigenvalue weighted by molar-refractivity contribution is 6.18. The van der Waals surface area contributed by atoms with Crippen LogP contribution < -0.4 is 0 Å². The summed E-state index contributed by atoms with van der Waals surface area (Å²) in [6.07, 6.45) is 2.90. The van der Waals surface area contributed by atoms with Crippen LogP contribution in [0.25, 0.3) is 0 Å². The fourth-order valence-corrected chi connectivity index (χ4v) is 1.62. The van der Waals surface area contributed by atoms with E-state index in [1.165, 1.54) is 12.3 Å². The average molecular weight is 231 g/mol. The van der Waals surface area contributed by atoms with Crippen molar-refractivity contribution in [1.82, 2.24) is 9.88 Å². The van der Waals surface area contributed by atoms with Gasteiger partial charge in [-0.1, -0.05) is 0 Å². The van der Waals surface area contributed by atoms with E-state index in [1.54, 1.807) is 6.20 Å². The van der Waals surface area contributed by atoms with Crippen molar-refractivity contribution in [3.8, 4) is 0 Å². The van der Waals surface area contributed by atoms with Crippen molar-refractivity contribution in [3.05, 3.63) is 29.8 Å². The zero-order valence-corrected chi connectivity index (χ0v) is 9.84. The first-order chi connectivity index (χ1) is 7.13. The highest BCUT2D eigenvalue weighted by Gasteiger charge is 2.09. The summed E-state index contributed by atoms with van der Waals surface area (Å²) in [5.74, 6) is 0.295. The van der Waals surface area contributed by atoms with Crippen LogP contribution in [-0.4, -0.2) is 28.4 Å². The van der Waals surface area contributed by atoms with Gasteiger partial charge in [0, 0.05) is 31.2 Å². The Hall–Kier alpha value is -0.670. The third-order valence-electron chi connectivity index (χ3n) is 2.25. The lowest BCUT2D eigenvalue weighted by Crippen LogP contribution is -2.32. The van der Waals surface area contributed by atoms with Gasteiger partial charge < -0.3 is 0 Å². The molecule has 0 N–H and O–H groups in total. The van der Waals surface area contributed by atoms with Crippen molar-refractivity contribution in [2.45, 2.75) is 26.4 Å². The molecule has 1 aromatic heterocycles. The van der Waals surface area contributed by atoms with Crippen LogP contribution in [0.2, 0.25) is 0 Å². The molecule has 0 radical (unpaired) electrons. The van der Waals surface area contributed by atoms with Gasteiger partial charge in [0.2, 0.25) is 0 Å². The van der Waals surface area contributed by atoms with E-state index in [4.69, 9.17) is 11.6 Å². The van der Waals surface area contributed by atoms with Gasteiger partial charge in [-0.3, -0.25) is 9.88 Å². The highest BCUT2D eigenvalue weighted by Crippen LogP contribution is 2.08. The quantitative estimate of drug-likeness (QED) is 0.723. The molecule has 0 aliphatic rings. The predicted octanol–water partition coefficient (Wildman–Crippen LogP) is 2.67. The first-order valence-electron chi connectivity index (χ1n) is 5.03.